The van der Waals surface area contributed by atoms with Crippen LogP contribution in [-0.2, 0) is 10.4 Å². The third kappa shape index (κ3) is 3.49. The number of nitrogens with zero attached hydrogens (tertiary/aromatic N) is 2. The molecule has 0 spiro atoms. The van der Waals surface area contributed by atoms with Crippen LogP contribution in [0.3, 0.4) is 0 Å². The lowest BCUT2D eigenvalue weighted by atomic mass is 9.70. The first-order valence-corrected chi connectivity index (χ1v) is 11.6. The average Bonchev–Trinajstić information content (AvgIpc) is 3.47. The highest BCUT2D eigenvalue weighted by Gasteiger charge is 2.50. The Morgan fingerprint density at radius 2 is 1.82 bits per heavy atom. The number of nitrogens with one attached hydrogen (secondary N) is 2. The van der Waals surface area contributed by atoms with Gasteiger partial charge in [-0.25, -0.2) is 18.2 Å². The molecule has 3 N–H and O–H groups in total. The van der Waals surface area contributed by atoms with Crippen molar-refractivity contribution in [3.05, 3.63) is 53.6 Å². The third-order valence-electron chi connectivity index (χ3n) is 7.44. The summed E-state index contributed by atoms with van der Waals surface area (Å²) in [6.07, 6.45) is 4.26. The largest absolute Gasteiger partial charge is 0.384 e. The minimum absolute atomic E-state index is 0.0372. The Morgan fingerprint density at radius 1 is 1.15 bits per heavy atom. The number of carbonyl (C=O) groups excluding carboxylic acids is 1. The summed E-state index contributed by atoms with van der Waals surface area (Å²) < 4.78 is 45.3. The van der Waals surface area contributed by atoms with Gasteiger partial charge < -0.3 is 20.3 Å². The SMILES string of the molecule is C[C@@H]1CN(C(=O)[C@H]2CCCN2)C[C@H](C)[C@@]1(O)c1c(F)cc(-c2ccnc3[nH]cc(F)c23)cc1F. The lowest BCUT2D eigenvalue weighted by Crippen LogP contribution is -2.58. The number of aromatic amines is 1. The number of amides is 1. The van der Waals surface area contributed by atoms with Crippen LogP contribution in [-0.4, -0.2) is 51.6 Å². The van der Waals surface area contributed by atoms with E-state index in [1.807, 2.05) is 0 Å². The van der Waals surface area contributed by atoms with Gasteiger partial charge in [-0.1, -0.05) is 13.8 Å². The molecule has 1 amide bonds. The topological polar surface area (TPSA) is 81.2 Å². The molecule has 1 aromatic carbocycles. The van der Waals surface area contributed by atoms with Gasteiger partial charge >= 0.3 is 0 Å². The van der Waals surface area contributed by atoms with E-state index < -0.39 is 40.5 Å². The number of carbonyl (C=O) groups is 1. The van der Waals surface area contributed by atoms with E-state index in [9.17, 15) is 14.3 Å². The van der Waals surface area contributed by atoms with Gasteiger partial charge in [0.25, 0.3) is 0 Å². The maximum Gasteiger partial charge on any atom is 0.239 e. The summed E-state index contributed by atoms with van der Waals surface area (Å²) in [6, 6.07) is 3.49. The predicted molar refractivity (Wildman–Crippen MR) is 121 cm³/mol. The van der Waals surface area contributed by atoms with Crippen LogP contribution in [0.25, 0.3) is 22.2 Å². The average molecular weight is 473 g/mol. The first-order chi connectivity index (χ1) is 16.2. The second kappa shape index (κ2) is 8.39. The molecule has 4 atom stereocenters. The lowest BCUT2D eigenvalue weighted by molar-refractivity contribution is -0.151. The van der Waals surface area contributed by atoms with E-state index in [0.717, 1.165) is 37.7 Å². The standard InChI is InChI=1S/C25H27F3N4O2/c1-13-11-32(24(33)20-4-3-6-29-20)12-14(2)25(13,34)22-17(26)8-15(9-18(22)27)16-5-7-30-23-21(16)19(28)10-31-23/h5,7-10,13-14,20,29,34H,3-4,6,11-12H2,1-2H3,(H,30,31)/t13-,14+,20-,25-/m1/s1. The zero-order valence-corrected chi connectivity index (χ0v) is 19.0. The van der Waals surface area contributed by atoms with Crippen molar-refractivity contribution in [3.63, 3.8) is 0 Å². The summed E-state index contributed by atoms with van der Waals surface area (Å²) in [5.74, 6) is -3.64. The number of piperidine rings is 1. The van der Waals surface area contributed by atoms with Gasteiger partial charge in [-0.3, -0.25) is 4.79 Å². The van der Waals surface area contributed by atoms with E-state index in [4.69, 9.17) is 0 Å². The molecule has 2 aliphatic rings. The number of halogens is 3. The van der Waals surface area contributed by atoms with Crippen molar-refractivity contribution in [1.29, 1.82) is 0 Å². The van der Waals surface area contributed by atoms with Crippen LogP contribution in [0, 0.1) is 29.3 Å². The highest BCUT2D eigenvalue weighted by molar-refractivity contribution is 5.93. The number of hydrogen-bond acceptors (Lipinski definition) is 4. The van der Waals surface area contributed by atoms with E-state index >= 15 is 8.78 Å². The Kier molecular flexibility index (Phi) is 5.64. The van der Waals surface area contributed by atoms with Gasteiger partial charge in [0.2, 0.25) is 5.91 Å². The zero-order valence-electron chi connectivity index (χ0n) is 19.0. The zero-order chi connectivity index (χ0) is 24.2. The summed E-state index contributed by atoms with van der Waals surface area (Å²) in [4.78, 5) is 21.3. The fourth-order valence-corrected chi connectivity index (χ4v) is 5.66. The smallest absolute Gasteiger partial charge is 0.239 e. The fraction of sp³-hybridized carbons (Fsp3) is 0.440. The van der Waals surface area contributed by atoms with Gasteiger partial charge in [0.05, 0.1) is 17.0 Å². The van der Waals surface area contributed by atoms with Crippen molar-refractivity contribution in [2.45, 2.75) is 38.3 Å². The van der Waals surface area contributed by atoms with E-state index in [0.29, 0.717) is 5.56 Å². The number of likely N-dealkylation sites (tertiary alicyclic amines) is 1. The number of benzene rings is 1. The summed E-state index contributed by atoms with van der Waals surface area (Å²) in [6.45, 7) is 4.58. The minimum Gasteiger partial charge on any atom is -0.384 e. The van der Waals surface area contributed by atoms with Crippen LogP contribution in [0.15, 0.2) is 30.6 Å². The number of fused-ring (bicyclic) bond motifs is 1. The molecule has 2 saturated heterocycles. The quantitative estimate of drug-likeness (QED) is 0.543. The third-order valence-corrected chi connectivity index (χ3v) is 7.44. The Labute approximate surface area is 195 Å². The molecule has 2 aromatic heterocycles. The molecule has 2 fully saturated rings. The van der Waals surface area contributed by atoms with Crippen LogP contribution >= 0.6 is 0 Å². The molecule has 6 nitrogen and oxygen atoms in total. The molecular formula is C25H27F3N4O2. The number of aliphatic hydroxyl groups is 1. The van der Waals surface area contributed by atoms with E-state index in [-0.39, 0.29) is 41.6 Å². The Balaban J connectivity index is 1.50. The molecule has 0 unspecified atom stereocenters. The van der Waals surface area contributed by atoms with Crippen molar-refractivity contribution >= 4 is 16.9 Å². The van der Waals surface area contributed by atoms with E-state index in [1.54, 1.807) is 18.7 Å². The second-order valence-corrected chi connectivity index (χ2v) is 9.55. The monoisotopic (exact) mass is 472 g/mol. The van der Waals surface area contributed by atoms with Crippen LogP contribution < -0.4 is 5.32 Å². The fourth-order valence-electron chi connectivity index (χ4n) is 5.66. The predicted octanol–water partition coefficient (Wildman–Crippen LogP) is 3.70. The van der Waals surface area contributed by atoms with Crippen molar-refractivity contribution in [3.8, 4) is 11.1 Å². The highest BCUT2D eigenvalue weighted by atomic mass is 19.1. The van der Waals surface area contributed by atoms with E-state index in [1.165, 1.54) is 12.3 Å². The van der Waals surface area contributed by atoms with Gasteiger partial charge in [-0.15, -0.1) is 0 Å². The van der Waals surface area contributed by atoms with Crippen molar-refractivity contribution < 1.29 is 23.1 Å². The van der Waals surface area contributed by atoms with Crippen molar-refractivity contribution in [2.75, 3.05) is 19.6 Å². The second-order valence-electron chi connectivity index (χ2n) is 9.55. The molecule has 0 bridgehead atoms. The number of hydrogen-bond donors (Lipinski definition) is 3. The number of aromatic nitrogens is 2. The van der Waals surface area contributed by atoms with Crippen molar-refractivity contribution in [1.82, 2.24) is 20.2 Å². The number of rotatable bonds is 3. The first kappa shape index (κ1) is 22.9. The Hall–Kier alpha value is -2.91. The molecule has 9 heteroatoms. The molecule has 0 saturated carbocycles. The molecule has 0 aliphatic carbocycles. The first-order valence-electron chi connectivity index (χ1n) is 11.6. The Morgan fingerprint density at radius 3 is 2.44 bits per heavy atom. The number of H-pyrrole nitrogens is 1. The Bertz CT molecular complexity index is 1220. The molecule has 0 radical (unpaired) electrons. The maximum absolute atomic E-state index is 15.5. The summed E-state index contributed by atoms with van der Waals surface area (Å²) in [5.41, 5.74) is -1.50. The minimum atomic E-state index is -1.81. The molecule has 4 heterocycles. The summed E-state index contributed by atoms with van der Waals surface area (Å²) in [5, 5.41) is 15.0. The molecule has 2 aliphatic heterocycles. The van der Waals surface area contributed by atoms with Gasteiger partial charge in [0.15, 0.2) is 5.82 Å². The van der Waals surface area contributed by atoms with Crippen LogP contribution in [0.5, 0.6) is 0 Å². The molecule has 3 aromatic rings. The highest BCUT2D eigenvalue weighted by Crippen LogP contribution is 2.45. The van der Waals surface area contributed by atoms with Crippen LogP contribution in [0.4, 0.5) is 13.2 Å². The van der Waals surface area contributed by atoms with E-state index in [2.05, 4.69) is 15.3 Å². The van der Waals surface area contributed by atoms with Crippen LogP contribution in [0.1, 0.15) is 32.3 Å². The normalized spacial score (nSPS) is 27.5. The molecule has 5 rings (SSSR count). The summed E-state index contributed by atoms with van der Waals surface area (Å²) >= 11 is 0. The van der Waals surface area contributed by atoms with Gasteiger partial charge in [-0.2, -0.15) is 0 Å². The van der Waals surface area contributed by atoms with Crippen molar-refractivity contribution in [2.24, 2.45) is 11.8 Å². The maximum atomic E-state index is 15.5. The van der Waals surface area contributed by atoms with Crippen LogP contribution in [0.2, 0.25) is 0 Å². The molecule has 34 heavy (non-hydrogen) atoms. The molecule has 180 valence electrons. The number of pyridine rings is 1. The van der Waals surface area contributed by atoms with Gasteiger partial charge in [-0.05, 0) is 48.7 Å². The summed E-state index contributed by atoms with van der Waals surface area (Å²) in [7, 11) is 0. The molecular weight excluding hydrogens is 445 g/mol. The van der Waals surface area contributed by atoms with Gasteiger partial charge in [0.1, 0.15) is 22.9 Å². The van der Waals surface area contributed by atoms with Gasteiger partial charge in [0, 0.05) is 37.3 Å². The lowest BCUT2D eigenvalue weighted by Gasteiger charge is -2.48.